The van der Waals surface area contributed by atoms with E-state index in [1.54, 1.807) is 12.2 Å². The number of pyridine rings is 1. The summed E-state index contributed by atoms with van der Waals surface area (Å²) in [6.45, 7) is 0.419. The Labute approximate surface area is 289 Å². The molecule has 0 aliphatic carbocycles. The van der Waals surface area contributed by atoms with E-state index in [0.717, 1.165) is 33.2 Å². The van der Waals surface area contributed by atoms with Gasteiger partial charge in [-0.3, -0.25) is 14.5 Å². The van der Waals surface area contributed by atoms with Gasteiger partial charge in [0.2, 0.25) is 11.6 Å². The quantitative estimate of drug-likeness (QED) is 0.0479. The second-order valence-electron chi connectivity index (χ2n) is 10.8. The average molecular weight is 721 g/mol. The fourth-order valence-corrected chi connectivity index (χ4v) is 7.24. The number of hydrogen-bond acceptors (Lipinski definition) is 13. The number of halogens is 1. The maximum atomic E-state index is 14.0. The normalized spacial score (nSPS) is 18.1. The number of nitrogens with two attached hydrogens (primary N) is 1. The Bertz CT molecular complexity index is 2120. The number of carbonyl (C=O) groups is 4. The van der Waals surface area contributed by atoms with Gasteiger partial charge in [-0.2, -0.15) is 4.57 Å². The van der Waals surface area contributed by atoms with Crippen molar-refractivity contribution in [2.75, 3.05) is 11.5 Å². The van der Waals surface area contributed by atoms with E-state index >= 15 is 0 Å². The van der Waals surface area contributed by atoms with Crippen LogP contribution in [0.25, 0.3) is 10.9 Å². The number of para-hydroxylation sites is 1. The van der Waals surface area contributed by atoms with Crippen LogP contribution in [0.2, 0.25) is 0 Å². The number of carbonyl (C=O) groups excluding carboxylic acids is 3. The zero-order chi connectivity index (χ0) is 35.7. The Morgan fingerprint density at radius 2 is 2.00 bits per heavy atom. The van der Waals surface area contributed by atoms with Gasteiger partial charge in [0.15, 0.2) is 40.9 Å². The number of phenols is 2. The van der Waals surface area contributed by atoms with Crippen LogP contribution in [0.1, 0.15) is 17.4 Å². The van der Waals surface area contributed by atoms with Crippen LogP contribution in [0.4, 0.5) is 9.52 Å². The second kappa shape index (κ2) is 13.8. The van der Waals surface area contributed by atoms with Gasteiger partial charge in [-0.1, -0.05) is 23.4 Å². The molecule has 4 heterocycles. The van der Waals surface area contributed by atoms with E-state index in [9.17, 15) is 44.0 Å². The molecule has 0 spiro atoms. The number of amides is 2. The number of phenolic OH excluding ortho intramolecular Hbond substituents is 2. The standard InChI is InChI=1S/C32H25FN6O9S2/c33-18-11-17(12-21(40)25(18)41)26(31(46)47)48-37-22(19-14-50-32(34)35-19)27(42)36-23-28(43)39-24(30(44)45)16(13-49-29(23)39)7-4-10-38-9-3-6-15-5-1-2-8-20(15)38/h1-9,11-12,14,23,26,29H,10,13H2,(H6-,34,35,36,37,40,41,42,44,45,46,47)/b7-4+/t23-,26+,29-/m1/s1. The van der Waals surface area contributed by atoms with Crippen LogP contribution in [0.15, 0.2) is 88.7 Å². The summed E-state index contributed by atoms with van der Waals surface area (Å²) in [5.41, 5.74) is 5.48. The van der Waals surface area contributed by atoms with Crippen molar-refractivity contribution in [1.29, 1.82) is 0 Å². The van der Waals surface area contributed by atoms with Gasteiger partial charge in [0.05, 0.1) is 11.7 Å². The average Bonchev–Trinajstić information content (AvgIpc) is 3.52. The molecule has 1 saturated heterocycles. The van der Waals surface area contributed by atoms with Gasteiger partial charge >= 0.3 is 5.97 Å². The molecule has 2 aromatic carbocycles. The molecule has 4 aromatic rings. The lowest BCUT2D eigenvalue weighted by atomic mass is 10.0. The summed E-state index contributed by atoms with van der Waals surface area (Å²) in [5, 5.41) is 48.9. The highest BCUT2D eigenvalue weighted by Gasteiger charge is 2.53. The third kappa shape index (κ3) is 6.52. The van der Waals surface area contributed by atoms with Crippen molar-refractivity contribution in [2.45, 2.75) is 24.1 Å². The summed E-state index contributed by atoms with van der Waals surface area (Å²) in [4.78, 5) is 61.1. The fourth-order valence-electron chi connectivity index (χ4n) is 5.37. The topological polar surface area (TPSA) is 232 Å². The number of aromatic hydroxyl groups is 2. The minimum absolute atomic E-state index is 0.0118. The molecular weight excluding hydrogens is 696 g/mol. The Kier molecular flexibility index (Phi) is 9.38. The number of oxime groups is 1. The van der Waals surface area contributed by atoms with Crippen molar-refractivity contribution in [2.24, 2.45) is 5.16 Å². The number of β-lactam (4-membered cyclic amide) rings is 1. The molecule has 0 saturated carbocycles. The number of aromatic nitrogens is 2. The van der Waals surface area contributed by atoms with E-state index in [4.69, 9.17) is 10.6 Å². The number of thioether (sulfide) groups is 1. The van der Waals surface area contributed by atoms with Crippen LogP contribution < -0.4 is 20.7 Å². The number of nitrogens with one attached hydrogen (secondary N) is 1. The van der Waals surface area contributed by atoms with Gasteiger partial charge in [0, 0.05) is 34.2 Å². The Morgan fingerprint density at radius 1 is 1.24 bits per heavy atom. The number of carboxylic acids is 2. The number of nitrogen functional groups attached to an aromatic ring is 1. The number of aliphatic carboxylic acids is 2. The lowest BCUT2D eigenvalue weighted by molar-refractivity contribution is -0.661. The lowest BCUT2D eigenvalue weighted by Gasteiger charge is -2.50. The molecule has 2 aliphatic rings. The van der Waals surface area contributed by atoms with Gasteiger partial charge in [-0.25, -0.2) is 14.2 Å². The molecule has 0 unspecified atom stereocenters. The SMILES string of the molecule is Nc1nc(/C(=N/O[C@H](C(=O)O)c2cc(O)c(O)c(F)c2)C(=O)N[C@@H]2C(=O)N3C(C(=O)[O-])=C(/C=C/C[n+]4cccc5ccccc54)CS[C@H]23)cs1. The first kappa shape index (κ1) is 33.9. The van der Waals surface area contributed by atoms with Crippen LogP contribution in [-0.4, -0.2) is 71.8 Å². The molecule has 50 heavy (non-hydrogen) atoms. The molecule has 15 nitrogen and oxygen atoms in total. The molecule has 2 aliphatic heterocycles. The molecule has 3 atom stereocenters. The molecule has 0 bridgehead atoms. The van der Waals surface area contributed by atoms with E-state index in [2.05, 4.69) is 15.5 Å². The predicted octanol–water partition coefficient (Wildman–Crippen LogP) is 0.923. The van der Waals surface area contributed by atoms with Crippen molar-refractivity contribution in [3.63, 3.8) is 0 Å². The van der Waals surface area contributed by atoms with E-state index in [0.29, 0.717) is 18.2 Å². The van der Waals surface area contributed by atoms with Crippen molar-refractivity contribution < 1.29 is 53.4 Å². The van der Waals surface area contributed by atoms with Crippen LogP contribution in [0.5, 0.6) is 11.5 Å². The van der Waals surface area contributed by atoms with Gasteiger partial charge in [-0.15, -0.1) is 23.1 Å². The van der Waals surface area contributed by atoms with E-state index in [-0.39, 0.29) is 22.3 Å². The number of thiazole rings is 1. The summed E-state index contributed by atoms with van der Waals surface area (Å²) in [6, 6.07) is 11.8. The number of rotatable bonds is 11. The number of hydrogen-bond donors (Lipinski definition) is 5. The van der Waals surface area contributed by atoms with Gasteiger partial charge in [0.1, 0.15) is 17.1 Å². The number of benzene rings is 2. The van der Waals surface area contributed by atoms with Crippen molar-refractivity contribution in [3.8, 4) is 11.5 Å². The molecule has 18 heteroatoms. The Morgan fingerprint density at radius 3 is 2.70 bits per heavy atom. The summed E-state index contributed by atoms with van der Waals surface area (Å²) < 4.78 is 16.0. The first-order chi connectivity index (χ1) is 23.9. The minimum Gasteiger partial charge on any atom is -0.543 e. The van der Waals surface area contributed by atoms with Gasteiger partial charge in [-0.05, 0) is 35.9 Å². The van der Waals surface area contributed by atoms with E-state index in [1.165, 1.54) is 17.1 Å². The van der Waals surface area contributed by atoms with Crippen molar-refractivity contribution in [1.82, 2.24) is 15.2 Å². The molecule has 2 aromatic heterocycles. The summed E-state index contributed by atoms with van der Waals surface area (Å²) in [6.07, 6.45) is 3.22. The Hall–Kier alpha value is -6.01. The smallest absolute Gasteiger partial charge is 0.352 e. The largest absolute Gasteiger partial charge is 0.543 e. The van der Waals surface area contributed by atoms with E-state index < -0.39 is 69.9 Å². The summed E-state index contributed by atoms with van der Waals surface area (Å²) in [7, 11) is 0. The number of carboxylic acid groups (broad SMARTS) is 2. The zero-order valence-corrected chi connectivity index (χ0v) is 27.1. The number of allylic oxidation sites excluding steroid dienone is 2. The highest BCUT2D eigenvalue weighted by atomic mass is 32.2. The molecule has 0 radical (unpaired) electrons. The maximum Gasteiger partial charge on any atom is 0.352 e. The van der Waals surface area contributed by atoms with Gasteiger partial charge < -0.3 is 41.1 Å². The lowest BCUT2D eigenvalue weighted by Crippen LogP contribution is -2.71. The number of fused-ring (bicyclic) bond motifs is 2. The maximum absolute atomic E-state index is 14.0. The molecule has 6 N–H and O–H groups in total. The summed E-state index contributed by atoms with van der Waals surface area (Å²) >= 11 is 2.12. The molecule has 2 amide bonds. The van der Waals surface area contributed by atoms with Crippen molar-refractivity contribution in [3.05, 3.63) is 101 Å². The monoisotopic (exact) mass is 720 g/mol. The third-order valence-corrected chi connectivity index (χ3v) is 9.68. The highest BCUT2D eigenvalue weighted by Crippen LogP contribution is 2.40. The second-order valence-corrected chi connectivity index (χ2v) is 12.8. The minimum atomic E-state index is -2.06. The third-order valence-electron chi connectivity index (χ3n) is 7.71. The highest BCUT2D eigenvalue weighted by molar-refractivity contribution is 8.00. The van der Waals surface area contributed by atoms with Gasteiger partial charge in [0.25, 0.3) is 11.8 Å². The van der Waals surface area contributed by atoms with Crippen LogP contribution in [0, 0.1) is 5.82 Å². The van der Waals surface area contributed by atoms with Crippen LogP contribution in [0.3, 0.4) is 0 Å². The predicted molar refractivity (Wildman–Crippen MR) is 175 cm³/mol. The Balaban J connectivity index is 1.21. The van der Waals surface area contributed by atoms with Crippen LogP contribution in [-0.2, 0) is 30.6 Å². The molecular formula is C32H25FN6O9S2. The van der Waals surface area contributed by atoms with E-state index in [1.807, 2.05) is 47.2 Å². The van der Waals surface area contributed by atoms with Crippen molar-refractivity contribution >= 4 is 68.6 Å². The first-order valence-electron chi connectivity index (χ1n) is 14.6. The number of nitrogens with zero attached hydrogens (tertiary/aromatic N) is 4. The zero-order valence-electron chi connectivity index (χ0n) is 25.4. The first-order valence-corrected chi connectivity index (χ1v) is 16.5. The fraction of sp³-hybridized carbons (Fsp3) is 0.156. The summed E-state index contributed by atoms with van der Waals surface area (Å²) in [5.74, 6) is -8.31. The molecule has 1 fully saturated rings. The molecule has 256 valence electrons. The number of anilines is 1. The van der Waals surface area contributed by atoms with Crippen LogP contribution >= 0.6 is 23.1 Å². The molecule has 6 rings (SSSR count).